The number of nitrogens with zero attached hydrogens (tertiary/aromatic N) is 4. The molecular formula is C60H54N4O. The zero-order valence-corrected chi connectivity index (χ0v) is 37.6. The fourth-order valence-electron chi connectivity index (χ4n) is 9.72. The normalized spacial score (nSPS) is 16.7. The van der Waals surface area contributed by atoms with Gasteiger partial charge in [0.05, 0.1) is 47.1 Å². The van der Waals surface area contributed by atoms with Gasteiger partial charge in [-0.2, -0.15) is 0 Å². The SMILES string of the molecule is [2H]c1c([2H])c([2H])c(-c2cccc(-c3c([2H])c([2H])c([2H])c([2H])c3[2H])c2-[n+]2[c-]n(-c3cccc(Oc4ccc5c6ccc7c(c6n(-c6cc(C(C)(C)C)ccn6)c5c4)C(C)(C)CCC7(C)C)c3)c3ccccc32)c([2H])c1[2H]. The van der Waals surface area contributed by atoms with Gasteiger partial charge in [-0.05, 0) is 110 Å². The summed E-state index contributed by atoms with van der Waals surface area (Å²) in [6.45, 7) is 16.0. The van der Waals surface area contributed by atoms with Crippen molar-refractivity contribution in [1.82, 2.24) is 14.1 Å². The van der Waals surface area contributed by atoms with E-state index in [4.69, 9.17) is 23.4 Å². The molecule has 0 N–H and O–H groups in total. The molecule has 320 valence electrons. The van der Waals surface area contributed by atoms with E-state index in [1.165, 1.54) is 16.7 Å². The molecule has 0 saturated carbocycles. The number of pyridine rings is 1. The van der Waals surface area contributed by atoms with Crippen molar-refractivity contribution in [3.05, 3.63) is 199 Å². The van der Waals surface area contributed by atoms with E-state index < -0.39 is 60.4 Å². The highest BCUT2D eigenvalue weighted by molar-refractivity contribution is 6.11. The molecule has 0 spiro atoms. The van der Waals surface area contributed by atoms with Gasteiger partial charge < -0.3 is 4.74 Å². The van der Waals surface area contributed by atoms with Crippen LogP contribution < -0.4 is 9.30 Å². The fourth-order valence-corrected chi connectivity index (χ4v) is 9.72. The van der Waals surface area contributed by atoms with Crippen molar-refractivity contribution in [2.75, 3.05) is 0 Å². The lowest BCUT2D eigenvalue weighted by Gasteiger charge is -2.42. The van der Waals surface area contributed by atoms with Crippen molar-refractivity contribution in [2.24, 2.45) is 0 Å². The van der Waals surface area contributed by atoms with Gasteiger partial charge in [-0.1, -0.05) is 170 Å². The van der Waals surface area contributed by atoms with Gasteiger partial charge in [-0.15, -0.1) is 0 Å². The molecule has 0 atom stereocenters. The van der Waals surface area contributed by atoms with Gasteiger partial charge in [0.1, 0.15) is 17.3 Å². The third kappa shape index (κ3) is 6.93. The van der Waals surface area contributed by atoms with Crippen molar-refractivity contribution in [1.29, 1.82) is 0 Å². The minimum atomic E-state index is -0.563. The van der Waals surface area contributed by atoms with Crippen LogP contribution in [0.1, 0.15) is 91.7 Å². The van der Waals surface area contributed by atoms with Crippen molar-refractivity contribution < 1.29 is 23.0 Å². The van der Waals surface area contributed by atoms with Crippen molar-refractivity contribution >= 4 is 32.8 Å². The monoisotopic (exact) mass is 856 g/mol. The van der Waals surface area contributed by atoms with Crippen LogP contribution in [0.15, 0.2) is 176 Å². The Morgan fingerprint density at radius 1 is 0.662 bits per heavy atom. The summed E-state index contributed by atoms with van der Waals surface area (Å²) in [5, 5.41) is 2.23. The first kappa shape index (κ1) is 30.8. The van der Waals surface area contributed by atoms with E-state index in [-0.39, 0.29) is 44.2 Å². The third-order valence-electron chi connectivity index (χ3n) is 13.2. The minimum absolute atomic E-state index is 0.0115. The quantitative estimate of drug-likeness (QED) is 0.118. The lowest BCUT2D eigenvalue weighted by Crippen LogP contribution is -2.34. The number of rotatable bonds is 7. The molecule has 0 fully saturated rings. The Kier molecular flexibility index (Phi) is 7.20. The van der Waals surface area contributed by atoms with Crippen LogP contribution in [-0.2, 0) is 16.2 Å². The molecule has 0 radical (unpaired) electrons. The Morgan fingerprint density at radius 3 is 2.05 bits per heavy atom. The number of fused-ring (bicyclic) bond motifs is 6. The second-order valence-electron chi connectivity index (χ2n) is 19.4. The first-order valence-electron chi connectivity index (χ1n) is 27.1. The largest absolute Gasteiger partial charge is 0.458 e. The maximum absolute atomic E-state index is 9.06. The van der Waals surface area contributed by atoms with E-state index in [0.29, 0.717) is 28.2 Å². The van der Waals surface area contributed by atoms with E-state index in [9.17, 15) is 0 Å². The highest BCUT2D eigenvalue weighted by atomic mass is 16.5. The number of ether oxygens (including phenoxy) is 1. The van der Waals surface area contributed by atoms with Crippen LogP contribution in [0.4, 0.5) is 0 Å². The zero-order valence-electron chi connectivity index (χ0n) is 47.6. The summed E-state index contributed by atoms with van der Waals surface area (Å²) in [4.78, 5) is 5.05. The zero-order chi connectivity index (χ0) is 53.4. The van der Waals surface area contributed by atoms with Crippen LogP contribution in [0, 0.1) is 6.33 Å². The van der Waals surface area contributed by atoms with Crippen LogP contribution in [0.5, 0.6) is 11.5 Å². The Morgan fingerprint density at radius 2 is 1.32 bits per heavy atom. The molecule has 5 heteroatoms. The smallest absolute Gasteiger partial charge is 0.269 e. The number of hydrogen-bond donors (Lipinski definition) is 0. The third-order valence-corrected chi connectivity index (χ3v) is 13.2. The highest BCUT2D eigenvalue weighted by Gasteiger charge is 2.40. The number of para-hydroxylation sites is 3. The number of hydrogen-bond acceptors (Lipinski definition) is 2. The molecule has 0 bridgehead atoms. The molecule has 0 saturated heterocycles. The van der Waals surface area contributed by atoms with Crippen LogP contribution >= 0.6 is 0 Å². The Hall–Kier alpha value is -7.24. The molecule has 1 aliphatic carbocycles. The molecular weight excluding hydrogens is 793 g/mol. The Bertz CT molecular complexity index is 3910. The second-order valence-corrected chi connectivity index (χ2v) is 19.4. The summed E-state index contributed by atoms with van der Waals surface area (Å²) in [5.41, 5.74) is 7.90. The average molecular weight is 857 g/mol. The maximum Gasteiger partial charge on any atom is 0.269 e. The molecule has 5 nitrogen and oxygen atoms in total. The summed E-state index contributed by atoms with van der Waals surface area (Å²) >= 11 is 0. The van der Waals surface area contributed by atoms with Crippen LogP contribution in [0.2, 0.25) is 0 Å². The van der Waals surface area contributed by atoms with Gasteiger partial charge in [0.25, 0.3) is 6.33 Å². The molecule has 10 aromatic rings. The predicted molar refractivity (Wildman–Crippen MR) is 267 cm³/mol. The molecule has 7 aromatic carbocycles. The molecule has 11 rings (SSSR count). The van der Waals surface area contributed by atoms with Gasteiger partial charge in [-0.3, -0.25) is 13.7 Å². The van der Waals surface area contributed by atoms with Gasteiger partial charge >= 0.3 is 0 Å². The van der Waals surface area contributed by atoms with E-state index in [0.717, 1.165) is 40.5 Å². The summed E-state index contributed by atoms with van der Waals surface area (Å²) in [6.07, 6.45) is 7.51. The van der Waals surface area contributed by atoms with Crippen LogP contribution in [-0.4, -0.2) is 14.1 Å². The van der Waals surface area contributed by atoms with Crippen molar-refractivity contribution in [3.8, 4) is 50.9 Å². The van der Waals surface area contributed by atoms with Gasteiger partial charge in [0.2, 0.25) is 0 Å². The average Bonchev–Trinajstić information content (AvgIpc) is 3.93. The van der Waals surface area contributed by atoms with Gasteiger partial charge in [-0.25, -0.2) is 4.98 Å². The van der Waals surface area contributed by atoms with E-state index in [2.05, 4.69) is 95.8 Å². The molecule has 65 heavy (non-hydrogen) atoms. The van der Waals surface area contributed by atoms with Crippen molar-refractivity contribution in [3.63, 3.8) is 0 Å². The first-order valence-corrected chi connectivity index (χ1v) is 22.1. The summed E-state index contributed by atoms with van der Waals surface area (Å²) < 4.78 is 100.0. The Labute approximate surface area is 396 Å². The summed E-state index contributed by atoms with van der Waals surface area (Å²) in [6, 6.07) is 29.7. The fraction of sp³-hybridized carbons (Fsp3) is 0.200. The molecule has 0 amide bonds. The predicted octanol–water partition coefficient (Wildman–Crippen LogP) is 15.0. The lowest BCUT2D eigenvalue weighted by atomic mass is 9.62. The molecule has 0 unspecified atom stereocenters. The molecule has 0 aliphatic heterocycles. The highest BCUT2D eigenvalue weighted by Crippen LogP contribution is 2.51. The Balaban J connectivity index is 1.10. The van der Waals surface area contributed by atoms with E-state index in [1.54, 1.807) is 22.8 Å². The topological polar surface area (TPSA) is 35.9 Å². The maximum atomic E-state index is 9.06. The van der Waals surface area contributed by atoms with E-state index in [1.807, 2.05) is 65.4 Å². The standard InChI is InChI=1S/C60H54N4O/c1-58(2,3)42-32-35-61-54(36-42)64-53-38-45(28-29-48(53)49-30-31-50-55(57(49)64)60(6,7)34-33-59(50,4)5)65-44-23-16-22-43(37-44)62-39-63(52-27-15-14-26-51(52)62)56-46(40-18-10-8-11-19-40)24-17-25-47(56)41-20-12-9-13-21-41/h8-32,35-38H,33-34H2,1-7H3/i8D,9D,10D,11D,12D,13D,18D,19D,20D,21D. The summed E-state index contributed by atoms with van der Waals surface area (Å²) in [5.74, 6) is 1.97. The minimum Gasteiger partial charge on any atom is -0.458 e. The summed E-state index contributed by atoms with van der Waals surface area (Å²) in [7, 11) is 0. The van der Waals surface area contributed by atoms with E-state index >= 15 is 0 Å². The van der Waals surface area contributed by atoms with Gasteiger partial charge in [0, 0.05) is 23.0 Å². The van der Waals surface area contributed by atoms with Crippen LogP contribution in [0.3, 0.4) is 0 Å². The number of aromatic nitrogens is 4. The van der Waals surface area contributed by atoms with Crippen LogP contribution in [0.25, 0.3) is 72.3 Å². The van der Waals surface area contributed by atoms with Gasteiger partial charge in [0.15, 0.2) is 0 Å². The molecule has 3 aromatic heterocycles. The molecule has 3 heterocycles. The first-order chi connectivity index (χ1) is 35.5. The second kappa shape index (κ2) is 15.2. The van der Waals surface area contributed by atoms with Crippen molar-refractivity contribution in [2.45, 2.75) is 77.6 Å². The number of benzene rings is 7. The lowest BCUT2D eigenvalue weighted by molar-refractivity contribution is -0.571. The number of imidazole rings is 1. The molecule has 1 aliphatic rings.